The third-order valence-electron chi connectivity index (χ3n) is 6.41. The van der Waals surface area contributed by atoms with E-state index in [2.05, 4.69) is 10.6 Å². The molecule has 196 valence electrons. The van der Waals surface area contributed by atoms with Crippen LogP contribution >= 0.6 is 0 Å². The van der Waals surface area contributed by atoms with Gasteiger partial charge in [-0.3, -0.25) is 10.1 Å². The molecule has 0 saturated heterocycles. The van der Waals surface area contributed by atoms with Crippen LogP contribution in [0.25, 0.3) is 0 Å². The third kappa shape index (κ3) is 11.5. The molecule has 0 heterocycles. The lowest BCUT2D eigenvalue weighted by atomic mass is 9.91. The molecule has 2 aliphatic carbocycles. The van der Waals surface area contributed by atoms with Gasteiger partial charge in [0.25, 0.3) is 5.69 Å². The fourth-order valence-corrected chi connectivity index (χ4v) is 4.67. The topological polar surface area (TPSA) is 138 Å². The zero-order valence-corrected chi connectivity index (χ0v) is 21.3. The molecule has 9 heteroatoms. The number of carboxylic acid groups (broad SMARTS) is 1. The van der Waals surface area contributed by atoms with Gasteiger partial charge in [-0.05, 0) is 84.1 Å². The summed E-state index contributed by atoms with van der Waals surface area (Å²) in [4.78, 5) is 32.7. The van der Waals surface area contributed by atoms with Gasteiger partial charge in [-0.1, -0.05) is 25.0 Å². The van der Waals surface area contributed by atoms with Crippen molar-refractivity contribution in [2.45, 2.75) is 115 Å². The van der Waals surface area contributed by atoms with Crippen molar-refractivity contribution >= 4 is 17.7 Å². The second-order valence-corrected chi connectivity index (χ2v) is 10.6. The number of alkyl carbamates (subject to hydrolysis) is 1. The van der Waals surface area contributed by atoms with Gasteiger partial charge in [0.1, 0.15) is 5.60 Å². The summed E-state index contributed by atoms with van der Waals surface area (Å²) in [7, 11) is 0. The largest absolute Gasteiger partial charge is 0.548 e. The van der Waals surface area contributed by atoms with Crippen molar-refractivity contribution < 1.29 is 29.7 Å². The number of nitrogens with one attached hydrogen (secondary N) is 1. The summed E-state index contributed by atoms with van der Waals surface area (Å²) >= 11 is 0. The number of nitro benzene ring substituents is 1. The Bertz CT molecular complexity index is 793. The molecule has 0 bridgehead atoms. The number of amides is 1. The molecule has 2 aliphatic rings. The Morgan fingerprint density at radius 2 is 1.49 bits per heavy atom. The van der Waals surface area contributed by atoms with E-state index in [0.29, 0.717) is 5.56 Å². The summed E-state index contributed by atoms with van der Waals surface area (Å²) in [5, 5.41) is 26.6. The van der Waals surface area contributed by atoms with E-state index in [-0.39, 0.29) is 12.1 Å². The Hall–Kier alpha value is -2.68. The molecule has 2 saturated carbocycles. The van der Waals surface area contributed by atoms with Crippen molar-refractivity contribution in [3.05, 3.63) is 39.9 Å². The predicted octanol–water partition coefficient (Wildman–Crippen LogP) is 3.00. The van der Waals surface area contributed by atoms with Crippen molar-refractivity contribution in [3.8, 4) is 0 Å². The lowest BCUT2D eigenvalue weighted by Crippen LogP contribution is -2.95. The van der Waals surface area contributed by atoms with Gasteiger partial charge in [0.05, 0.1) is 29.0 Å². The van der Waals surface area contributed by atoms with Crippen molar-refractivity contribution in [1.82, 2.24) is 5.32 Å². The molecule has 0 aliphatic heterocycles. The molecule has 1 unspecified atom stereocenters. The van der Waals surface area contributed by atoms with Gasteiger partial charge in [-0.2, -0.15) is 0 Å². The van der Waals surface area contributed by atoms with E-state index in [1.807, 2.05) is 0 Å². The van der Waals surface area contributed by atoms with Crippen LogP contribution in [0.1, 0.15) is 90.5 Å². The van der Waals surface area contributed by atoms with Crippen molar-refractivity contribution in [3.63, 3.8) is 0 Å². The van der Waals surface area contributed by atoms with Crippen LogP contribution in [0, 0.1) is 10.1 Å². The highest BCUT2D eigenvalue weighted by atomic mass is 16.6. The van der Waals surface area contributed by atoms with E-state index in [1.54, 1.807) is 20.8 Å². The van der Waals surface area contributed by atoms with Crippen LogP contribution in [0.3, 0.4) is 0 Å². The number of non-ortho nitro benzene ring substituents is 1. The predicted molar refractivity (Wildman–Crippen MR) is 131 cm³/mol. The monoisotopic (exact) mass is 491 g/mol. The van der Waals surface area contributed by atoms with Crippen molar-refractivity contribution in [2.24, 2.45) is 0 Å². The highest BCUT2D eigenvalue weighted by Gasteiger charge is 2.23. The first-order valence-electron chi connectivity index (χ1n) is 12.8. The molecule has 1 aromatic carbocycles. The van der Waals surface area contributed by atoms with Crippen LogP contribution in [-0.4, -0.2) is 40.7 Å². The van der Waals surface area contributed by atoms with Crippen LogP contribution in [0.5, 0.6) is 0 Å². The summed E-state index contributed by atoms with van der Waals surface area (Å²) in [6, 6.07) is 6.06. The van der Waals surface area contributed by atoms with Crippen LogP contribution < -0.4 is 15.7 Å². The Morgan fingerprint density at radius 3 is 1.89 bits per heavy atom. The molecule has 1 aromatic rings. The molecule has 3 rings (SSSR count). The molecule has 9 nitrogen and oxygen atoms in total. The molecule has 35 heavy (non-hydrogen) atoms. The summed E-state index contributed by atoms with van der Waals surface area (Å²) in [5.74, 6) is -1.47. The van der Waals surface area contributed by atoms with Gasteiger partial charge in [0.15, 0.2) is 0 Å². The first-order chi connectivity index (χ1) is 16.5. The molecule has 0 spiro atoms. The zero-order chi connectivity index (χ0) is 25.8. The van der Waals surface area contributed by atoms with Gasteiger partial charge in [0.2, 0.25) is 0 Å². The zero-order valence-electron chi connectivity index (χ0n) is 21.3. The summed E-state index contributed by atoms with van der Waals surface area (Å²) < 4.78 is 4.98. The SMILES string of the molecule is C1CCC([NH2+]C2CCCCC2)CC1.CC(C)(C)OC(=O)NC(Cc1ccc([N+](=O)[O-])cc1)C(=O)[O-]. The van der Waals surface area contributed by atoms with E-state index in [4.69, 9.17) is 4.74 Å². The molecular weight excluding hydrogens is 450 g/mol. The minimum atomic E-state index is -1.47. The Morgan fingerprint density at radius 1 is 1.00 bits per heavy atom. The van der Waals surface area contributed by atoms with Crippen molar-refractivity contribution in [2.75, 3.05) is 0 Å². The van der Waals surface area contributed by atoms with Gasteiger partial charge in [-0.25, -0.2) is 4.79 Å². The fraction of sp³-hybridized carbons (Fsp3) is 0.692. The maximum absolute atomic E-state index is 11.6. The second kappa shape index (κ2) is 14.0. The standard InChI is InChI=1S/C14H18N2O6.C12H23N/c1-14(2,3)22-13(19)15-11(12(17)18)8-9-4-6-10(7-5-9)16(20)21;1-3-7-11(8-4-1)13-12-9-5-2-6-10-12/h4-7,11H,8H2,1-3H3,(H,15,19)(H,17,18);11-13H,1-10H2. The van der Waals surface area contributed by atoms with E-state index >= 15 is 0 Å². The van der Waals surface area contributed by atoms with Crippen LogP contribution in [0.2, 0.25) is 0 Å². The van der Waals surface area contributed by atoms with Crippen LogP contribution in [0.15, 0.2) is 24.3 Å². The third-order valence-corrected chi connectivity index (χ3v) is 6.41. The van der Waals surface area contributed by atoms with Crippen LogP contribution in [0.4, 0.5) is 10.5 Å². The molecule has 3 N–H and O–H groups in total. The number of carbonyl (C=O) groups excluding carboxylic acids is 2. The molecule has 2 fully saturated rings. The average Bonchev–Trinajstić information content (AvgIpc) is 2.79. The Kier molecular flexibility index (Phi) is 11.4. The molecule has 0 radical (unpaired) electrons. The van der Waals surface area contributed by atoms with E-state index in [1.165, 1.54) is 88.5 Å². The number of hydrogen-bond acceptors (Lipinski definition) is 6. The van der Waals surface area contributed by atoms with Gasteiger partial charge < -0.3 is 25.3 Å². The molecule has 1 amide bonds. The smallest absolute Gasteiger partial charge is 0.408 e. The highest BCUT2D eigenvalue weighted by molar-refractivity contribution is 5.79. The molecule has 1 atom stereocenters. The Labute approximate surface area is 208 Å². The maximum Gasteiger partial charge on any atom is 0.408 e. The highest BCUT2D eigenvalue weighted by Crippen LogP contribution is 2.18. The molecular formula is C26H41N3O6. The lowest BCUT2D eigenvalue weighted by Gasteiger charge is -2.27. The number of nitro groups is 1. The number of ether oxygens (including phenoxy) is 1. The number of nitrogens with two attached hydrogens (primary N) is 1. The summed E-state index contributed by atoms with van der Waals surface area (Å²) in [6.45, 7) is 4.95. The average molecular weight is 492 g/mol. The normalized spacial score (nSPS) is 18.0. The fourth-order valence-electron chi connectivity index (χ4n) is 4.67. The Balaban J connectivity index is 0.000000279. The van der Waals surface area contributed by atoms with Crippen LogP contribution in [-0.2, 0) is 16.0 Å². The lowest BCUT2D eigenvalue weighted by molar-refractivity contribution is -0.725. The first-order valence-corrected chi connectivity index (χ1v) is 12.8. The second-order valence-electron chi connectivity index (χ2n) is 10.6. The summed E-state index contributed by atoms with van der Waals surface area (Å²) in [5.41, 5.74) is -0.349. The molecule has 0 aromatic heterocycles. The number of aliphatic carboxylic acids is 1. The number of quaternary nitrogens is 1. The van der Waals surface area contributed by atoms with Gasteiger partial charge in [-0.15, -0.1) is 0 Å². The van der Waals surface area contributed by atoms with Crippen molar-refractivity contribution in [1.29, 1.82) is 0 Å². The van der Waals surface area contributed by atoms with E-state index in [9.17, 15) is 24.8 Å². The first kappa shape index (κ1) is 28.6. The minimum Gasteiger partial charge on any atom is -0.548 e. The van der Waals surface area contributed by atoms with E-state index in [0.717, 1.165) is 12.1 Å². The van der Waals surface area contributed by atoms with Gasteiger partial charge in [0, 0.05) is 12.1 Å². The number of benzene rings is 1. The maximum atomic E-state index is 11.6. The number of hydrogen-bond donors (Lipinski definition) is 2. The number of carbonyl (C=O) groups is 2. The van der Waals surface area contributed by atoms with E-state index < -0.39 is 28.6 Å². The minimum absolute atomic E-state index is 0.0699. The van der Waals surface area contributed by atoms with Gasteiger partial charge >= 0.3 is 6.09 Å². The quantitative estimate of drug-likeness (QED) is 0.444. The summed E-state index contributed by atoms with van der Waals surface area (Å²) in [6.07, 6.45) is 14.0. The number of carboxylic acids is 1. The number of rotatable bonds is 7. The number of nitrogens with zero attached hydrogens (tertiary/aromatic N) is 1.